The standard InChI is InChI=1S/C6H8N4O2/c7-3-1-2-5(11)4-9-10-6(8)12/h4H,1-2H2,(H3,8,10,12). The first kappa shape index (κ1) is 10.1. The van der Waals surface area contributed by atoms with E-state index in [-0.39, 0.29) is 18.6 Å². The first-order valence-electron chi connectivity index (χ1n) is 3.15. The fraction of sp³-hybridized carbons (Fsp3) is 0.333. The molecular formula is C6H8N4O2. The van der Waals surface area contributed by atoms with E-state index in [0.717, 1.165) is 6.21 Å². The molecule has 0 radical (unpaired) electrons. The second-order valence-corrected chi connectivity index (χ2v) is 1.86. The molecule has 0 aliphatic rings. The van der Waals surface area contributed by atoms with Crippen LogP contribution in [0.3, 0.4) is 0 Å². The van der Waals surface area contributed by atoms with Gasteiger partial charge in [0.1, 0.15) is 0 Å². The quantitative estimate of drug-likeness (QED) is 0.436. The first-order valence-corrected chi connectivity index (χ1v) is 3.15. The van der Waals surface area contributed by atoms with Gasteiger partial charge in [-0.1, -0.05) is 0 Å². The number of carbonyl (C=O) groups excluding carboxylic acids is 2. The number of nitrogens with two attached hydrogens (primary N) is 1. The van der Waals surface area contributed by atoms with E-state index in [1.807, 2.05) is 5.43 Å². The molecule has 0 aromatic rings. The van der Waals surface area contributed by atoms with Crippen LogP contribution in [0.25, 0.3) is 0 Å². The predicted octanol–water partition coefficient (Wildman–Crippen LogP) is -0.487. The van der Waals surface area contributed by atoms with Crippen molar-refractivity contribution in [1.29, 1.82) is 5.26 Å². The summed E-state index contributed by atoms with van der Waals surface area (Å²) >= 11 is 0. The Labute approximate surface area is 69.0 Å². The van der Waals surface area contributed by atoms with Crippen molar-refractivity contribution in [2.45, 2.75) is 12.8 Å². The number of primary amides is 1. The Kier molecular flexibility index (Phi) is 4.93. The van der Waals surface area contributed by atoms with Gasteiger partial charge in [-0.2, -0.15) is 10.4 Å². The highest BCUT2D eigenvalue weighted by Gasteiger charge is 1.95. The highest BCUT2D eigenvalue weighted by molar-refractivity contribution is 6.27. The molecule has 0 aliphatic heterocycles. The summed E-state index contributed by atoms with van der Waals surface area (Å²) in [7, 11) is 0. The number of hydrogen-bond donors (Lipinski definition) is 2. The van der Waals surface area contributed by atoms with E-state index in [1.165, 1.54) is 0 Å². The van der Waals surface area contributed by atoms with Crippen molar-refractivity contribution >= 4 is 18.0 Å². The Morgan fingerprint density at radius 2 is 2.33 bits per heavy atom. The van der Waals surface area contributed by atoms with Gasteiger partial charge in [0, 0.05) is 12.8 Å². The Morgan fingerprint density at radius 1 is 1.67 bits per heavy atom. The SMILES string of the molecule is N#CCCC(=O)C=NNC(N)=O. The Hall–Kier alpha value is -1.90. The minimum atomic E-state index is -0.834. The van der Waals surface area contributed by atoms with Gasteiger partial charge in [-0.15, -0.1) is 0 Å². The molecule has 0 saturated carbocycles. The Bertz CT molecular complexity index is 240. The molecule has 64 valence electrons. The van der Waals surface area contributed by atoms with Crippen molar-refractivity contribution in [2.75, 3.05) is 0 Å². The molecule has 0 heterocycles. The maximum absolute atomic E-state index is 10.7. The van der Waals surface area contributed by atoms with E-state index in [0.29, 0.717) is 0 Å². The number of amides is 2. The smallest absolute Gasteiger partial charge is 0.332 e. The summed E-state index contributed by atoms with van der Waals surface area (Å²) < 4.78 is 0. The highest BCUT2D eigenvalue weighted by Crippen LogP contribution is 1.85. The van der Waals surface area contributed by atoms with Crippen molar-refractivity contribution in [3.8, 4) is 6.07 Å². The first-order chi connectivity index (χ1) is 5.66. The minimum Gasteiger partial charge on any atom is -0.350 e. The monoisotopic (exact) mass is 168 g/mol. The van der Waals surface area contributed by atoms with Gasteiger partial charge in [-0.25, -0.2) is 10.2 Å². The maximum Gasteiger partial charge on any atom is 0.332 e. The normalized spacial score (nSPS) is 9.25. The number of nitrogens with zero attached hydrogens (tertiary/aromatic N) is 2. The van der Waals surface area contributed by atoms with Crippen molar-refractivity contribution in [1.82, 2.24) is 5.43 Å². The Balaban J connectivity index is 3.62. The van der Waals surface area contributed by atoms with Crippen molar-refractivity contribution in [3.63, 3.8) is 0 Å². The molecule has 0 aromatic carbocycles. The summed E-state index contributed by atoms with van der Waals surface area (Å²) in [6.45, 7) is 0. The summed E-state index contributed by atoms with van der Waals surface area (Å²) in [5, 5.41) is 11.3. The van der Waals surface area contributed by atoms with E-state index in [4.69, 9.17) is 5.26 Å². The van der Waals surface area contributed by atoms with Crippen LogP contribution in [0, 0.1) is 11.3 Å². The zero-order chi connectivity index (χ0) is 9.40. The van der Waals surface area contributed by atoms with E-state index in [1.54, 1.807) is 6.07 Å². The average molecular weight is 168 g/mol. The second kappa shape index (κ2) is 5.85. The van der Waals surface area contributed by atoms with Gasteiger partial charge in [0.15, 0.2) is 5.78 Å². The lowest BCUT2D eigenvalue weighted by Crippen LogP contribution is -2.24. The molecule has 0 unspecified atom stereocenters. The third kappa shape index (κ3) is 6.22. The van der Waals surface area contributed by atoms with E-state index in [2.05, 4.69) is 10.8 Å². The lowest BCUT2D eigenvalue weighted by atomic mass is 10.2. The molecule has 2 amide bonds. The zero-order valence-electron chi connectivity index (χ0n) is 6.28. The second-order valence-electron chi connectivity index (χ2n) is 1.86. The summed E-state index contributed by atoms with van der Waals surface area (Å²) in [4.78, 5) is 20.7. The molecule has 0 atom stereocenters. The van der Waals surface area contributed by atoms with Gasteiger partial charge in [-0.3, -0.25) is 4.79 Å². The van der Waals surface area contributed by atoms with Crippen LogP contribution in [-0.4, -0.2) is 18.0 Å². The third-order valence-electron chi connectivity index (χ3n) is 0.866. The largest absolute Gasteiger partial charge is 0.350 e. The number of Topliss-reactive ketones (excluding diaryl/α,β-unsaturated/α-hetero) is 1. The lowest BCUT2D eigenvalue weighted by Gasteiger charge is -1.89. The third-order valence-corrected chi connectivity index (χ3v) is 0.866. The number of nitriles is 1. The zero-order valence-corrected chi connectivity index (χ0v) is 6.28. The molecule has 0 aliphatic carbocycles. The lowest BCUT2D eigenvalue weighted by molar-refractivity contribution is -0.112. The molecule has 0 aromatic heterocycles. The number of hydrazone groups is 1. The van der Waals surface area contributed by atoms with Gasteiger partial charge in [0.25, 0.3) is 0 Å². The average Bonchev–Trinajstić information content (AvgIpc) is 2.00. The molecule has 0 spiro atoms. The van der Waals surface area contributed by atoms with Crippen LogP contribution in [0.5, 0.6) is 0 Å². The number of urea groups is 1. The summed E-state index contributed by atoms with van der Waals surface area (Å²) in [5.41, 5.74) is 6.51. The van der Waals surface area contributed by atoms with E-state index in [9.17, 15) is 9.59 Å². The van der Waals surface area contributed by atoms with E-state index >= 15 is 0 Å². The molecule has 0 saturated heterocycles. The molecule has 6 heteroatoms. The van der Waals surface area contributed by atoms with Crippen LogP contribution < -0.4 is 11.2 Å². The van der Waals surface area contributed by atoms with Crippen LogP contribution in [0.4, 0.5) is 4.79 Å². The van der Waals surface area contributed by atoms with Crippen molar-refractivity contribution in [2.24, 2.45) is 10.8 Å². The van der Waals surface area contributed by atoms with Gasteiger partial charge in [0.2, 0.25) is 0 Å². The van der Waals surface area contributed by atoms with Crippen molar-refractivity contribution in [3.05, 3.63) is 0 Å². The summed E-state index contributed by atoms with van der Waals surface area (Å²) in [5.74, 6) is -0.328. The molecule has 3 N–H and O–H groups in total. The molecule has 0 fully saturated rings. The molecule has 12 heavy (non-hydrogen) atoms. The number of nitrogens with one attached hydrogen (secondary N) is 1. The van der Waals surface area contributed by atoms with Crippen LogP contribution >= 0.6 is 0 Å². The number of rotatable bonds is 4. The number of carbonyl (C=O) groups is 2. The fourth-order valence-electron chi connectivity index (χ4n) is 0.412. The fourth-order valence-corrected chi connectivity index (χ4v) is 0.412. The van der Waals surface area contributed by atoms with Crippen LogP contribution in [0.1, 0.15) is 12.8 Å². The van der Waals surface area contributed by atoms with Crippen LogP contribution in [-0.2, 0) is 4.79 Å². The Morgan fingerprint density at radius 3 is 2.83 bits per heavy atom. The van der Waals surface area contributed by atoms with Crippen LogP contribution in [0.2, 0.25) is 0 Å². The predicted molar refractivity (Wildman–Crippen MR) is 41.1 cm³/mol. The van der Waals surface area contributed by atoms with Crippen molar-refractivity contribution < 1.29 is 9.59 Å². The topological polar surface area (TPSA) is 108 Å². The summed E-state index contributed by atoms with van der Waals surface area (Å²) in [6, 6.07) is 0.969. The number of hydrogen-bond acceptors (Lipinski definition) is 4. The van der Waals surface area contributed by atoms with E-state index < -0.39 is 6.03 Å². The van der Waals surface area contributed by atoms with Crippen LogP contribution in [0.15, 0.2) is 5.10 Å². The maximum atomic E-state index is 10.7. The van der Waals surface area contributed by atoms with Gasteiger partial charge >= 0.3 is 6.03 Å². The molecule has 0 rings (SSSR count). The number of ketones is 1. The van der Waals surface area contributed by atoms with Gasteiger partial charge in [-0.05, 0) is 0 Å². The molecule has 6 nitrogen and oxygen atoms in total. The summed E-state index contributed by atoms with van der Waals surface area (Å²) in [6.07, 6.45) is 1.16. The molecular weight excluding hydrogens is 160 g/mol. The minimum absolute atomic E-state index is 0.0977. The molecule has 0 bridgehead atoms. The van der Waals surface area contributed by atoms with Gasteiger partial charge < -0.3 is 5.73 Å². The highest BCUT2D eigenvalue weighted by atomic mass is 16.2. The van der Waals surface area contributed by atoms with Gasteiger partial charge in [0.05, 0.1) is 12.3 Å².